The molecule has 0 saturated carbocycles. The molecule has 0 aliphatic rings. The predicted molar refractivity (Wildman–Crippen MR) is 76.2 cm³/mol. The third-order valence-corrected chi connectivity index (χ3v) is 4.70. The molecule has 0 fully saturated rings. The molecule has 1 nitrogen and oxygen atoms in total. The minimum atomic E-state index is -0.0499. The first-order chi connectivity index (χ1) is 8.08. The summed E-state index contributed by atoms with van der Waals surface area (Å²) in [6.07, 6.45) is 0.732. The number of rotatable bonds is 3. The zero-order chi connectivity index (χ0) is 12.4. The van der Waals surface area contributed by atoms with E-state index in [1.165, 1.54) is 0 Å². The Balaban J connectivity index is 2.17. The van der Waals surface area contributed by atoms with Crippen LogP contribution in [-0.2, 0) is 6.42 Å². The van der Waals surface area contributed by atoms with Crippen molar-refractivity contribution in [1.82, 2.24) is 0 Å². The molecule has 2 rings (SSSR count). The van der Waals surface area contributed by atoms with Crippen LogP contribution in [0.5, 0.6) is 0 Å². The summed E-state index contributed by atoms with van der Waals surface area (Å²) in [7, 11) is 0. The fourth-order valence-corrected chi connectivity index (χ4v) is 3.10. The molecular weight excluding hydrogens is 273 g/mol. The molecule has 0 bridgehead atoms. The molecule has 2 aromatic rings. The number of aryl methyl sites for hydroxylation is 1. The standard InChI is InChI=1S/C13H13Cl2NS/c1-8-6-12(17-13(8)15)11(16)7-9-4-2-3-5-10(9)14/h2-6,11H,7,16H2,1H3. The number of hydrogen-bond acceptors (Lipinski definition) is 2. The van der Waals surface area contributed by atoms with E-state index in [1.54, 1.807) is 11.3 Å². The molecule has 0 saturated heterocycles. The molecule has 0 radical (unpaired) electrons. The van der Waals surface area contributed by atoms with Crippen LogP contribution in [0.15, 0.2) is 30.3 Å². The van der Waals surface area contributed by atoms with Crippen LogP contribution in [-0.4, -0.2) is 0 Å². The summed E-state index contributed by atoms with van der Waals surface area (Å²) in [6.45, 7) is 1.99. The van der Waals surface area contributed by atoms with E-state index in [1.807, 2.05) is 31.2 Å². The first kappa shape index (κ1) is 12.9. The number of nitrogens with two attached hydrogens (primary N) is 1. The molecule has 4 heteroatoms. The Morgan fingerprint density at radius 2 is 2.00 bits per heavy atom. The van der Waals surface area contributed by atoms with Crippen LogP contribution in [0.2, 0.25) is 9.36 Å². The molecule has 0 amide bonds. The van der Waals surface area contributed by atoms with Crippen LogP contribution >= 0.6 is 34.5 Å². The Morgan fingerprint density at radius 3 is 2.59 bits per heavy atom. The number of benzene rings is 1. The van der Waals surface area contributed by atoms with Gasteiger partial charge in [-0.25, -0.2) is 0 Å². The Labute approximate surface area is 115 Å². The fraction of sp³-hybridized carbons (Fsp3) is 0.231. The molecule has 0 aliphatic heterocycles. The first-order valence-corrected chi connectivity index (χ1v) is 6.90. The van der Waals surface area contributed by atoms with Crippen LogP contribution in [0, 0.1) is 6.92 Å². The lowest BCUT2D eigenvalue weighted by Crippen LogP contribution is -2.12. The van der Waals surface area contributed by atoms with Gasteiger partial charge in [0.15, 0.2) is 0 Å². The van der Waals surface area contributed by atoms with Gasteiger partial charge in [-0.1, -0.05) is 41.4 Å². The maximum Gasteiger partial charge on any atom is 0.0960 e. The van der Waals surface area contributed by atoms with E-state index < -0.39 is 0 Å². The number of hydrogen-bond donors (Lipinski definition) is 1. The van der Waals surface area contributed by atoms with Crippen LogP contribution in [0.4, 0.5) is 0 Å². The van der Waals surface area contributed by atoms with E-state index in [0.29, 0.717) is 0 Å². The molecule has 1 aromatic heterocycles. The van der Waals surface area contributed by atoms with Crippen LogP contribution in [0.25, 0.3) is 0 Å². The highest BCUT2D eigenvalue weighted by molar-refractivity contribution is 7.16. The smallest absolute Gasteiger partial charge is 0.0960 e. The average molecular weight is 286 g/mol. The van der Waals surface area contributed by atoms with Gasteiger partial charge in [-0.2, -0.15) is 0 Å². The van der Waals surface area contributed by atoms with E-state index in [9.17, 15) is 0 Å². The summed E-state index contributed by atoms with van der Waals surface area (Å²) in [6, 6.07) is 9.78. The lowest BCUT2D eigenvalue weighted by atomic mass is 10.1. The molecule has 90 valence electrons. The molecule has 1 unspecified atom stereocenters. The van der Waals surface area contributed by atoms with Crippen molar-refractivity contribution in [3.05, 3.63) is 55.7 Å². The molecule has 1 heterocycles. The van der Waals surface area contributed by atoms with Gasteiger partial charge in [0.1, 0.15) is 0 Å². The van der Waals surface area contributed by atoms with Crippen molar-refractivity contribution in [2.75, 3.05) is 0 Å². The second-order valence-electron chi connectivity index (χ2n) is 4.01. The van der Waals surface area contributed by atoms with Crippen LogP contribution < -0.4 is 5.73 Å². The molecule has 0 aliphatic carbocycles. The highest BCUT2D eigenvalue weighted by Gasteiger charge is 2.13. The molecule has 1 atom stereocenters. The van der Waals surface area contributed by atoms with Crippen LogP contribution in [0.3, 0.4) is 0 Å². The largest absolute Gasteiger partial charge is 0.323 e. The SMILES string of the molecule is Cc1cc(C(N)Cc2ccccc2Cl)sc1Cl. The summed E-state index contributed by atoms with van der Waals surface area (Å²) in [5.74, 6) is 0. The number of thiophene rings is 1. The normalized spacial score (nSPS) is 12.7. The minimum Gasteiger partial charge on any atom is -0.323 e. The Morgan fingerprint density at radius 1 is 1.29 bits per heavy atom. The van der Waals surface area contributed by atoms with Gasteiger partial charge in [0.05, 0.1) is 4.34 Å². The molecule has 2 N–H and O–H groups in total. The van der Waals surface area contributed by atoms with E-state index >= 15 is 0 Å². The minimum absolute atomic E-state index is 0.0499. The molecule has 0 spiro atoms. The van der Waals surface area contributed by atoms with Gasteiger partial charge in [-0.05, 0) is 36.6 Å². The van der Waals surface area contributed by atoms with Crippen molar-refractivity contribution in [3.63, 3.8) is 0 Å². The lowest BCUT2D eigenvalue weighted by molar-refractivity contribution is 0.736. The summed E-state index contributed by atoms with van der Waals surface area (Å²) < 4.78 is 0.814. The van der Waals surface area contributed by atoms with Gasteiger partial charge in [-0.3, -0.25) is 0 Å². The van der Waals surface area contributed by atoms with Crippen molar-refractivity contribution in [2.24, 2.45) is 5.73 Å². The van der Waals surface area contributed by atoms with Crippen molar-refractivity contribution in [3.8, 4) is 0 Å². The average Bonchev–Trinajstić information content (AvgIpc) is 2.63. The lowest BCUT2D eigenvalue weighted by Gasteiger charge is -2.10. The monoisotopic (exact) mass is 285 g/mol. The van der Waals surface area contributed by atoms with Crippen LogP contribution in [0.1, 0.15) is 22.0 Å². The van der Waals surface area contributed by atoms with Crippen molar-refractivity contribution >= 4 is 34.5 Å². The zero-order valence-electron chi connectivity index (χ0n) is 9.41. The van der Waals surface area contributed by atoms with Gasteiger partial charge in [-0.15, -0.1) is 11.3 Å². The van der Waals surface area contributed by atoms with Gasteiger partial charge < -0.3 is 5.73 Å². The van der Waals surface area contributed by atoms with E-state index in [2.05, 4.69) is 6.07 Å². The van der Waals surface area contributed by atoms with Crippen molar-refractivity contribution < 1.29 is 0 Å². The Kier molecular flexibility index (Phi) is 4.10. The number of halogens is 2. The van der Waals surface area contributed by atoms with E-state index in [0.717, 1.165) is 31.8 Å². The third-order valence-electron chi connectivity index (χ3n) is 2.64. The van der Waals surface area contributed by atoms with Gasteiger partial charge >= 0.3 is 0 Å². The second-order valence-corrected chi connectivity index (χ2v) is 6.10. The topological polar surface area (TPSA) is 26.0 Å². The summed E-state index contributed by atoms with van der Waals surface area (Å²) in [4.78, 5) is 1.10. The molecule has 1 aromatic carbocycles. The van der Waals surface area contributed by atoms with Crippen molar-refractivity contribution in [1.29, 1.82) is 0 Å². The Bertz CT molecular complexity index is 502. The summed E-state index contributed by atoms with van der Waals surface area (Å²) >= 11 is 13.7. The Hall–Kier alpha value is -0.540. The van der Waals surface area contributed by atoms with Gasteiger partial charge in [0.25, 0.3) is 0 Å². The van der Waals surface area contributed by atoms with Gasteiger partial charge in [0.2, 0.25) is 0 Å². The highest BCUT2D eigenvalue weighted by atomic mass is 35.5. The quantitative estimate of drug-likeness (QED) is 0.876. The van der Waals surface area contributed by atoms with Gasteiger partial charge in [0, 0.05) is 15.9 Å². The third kappa shape index (κ3) is 3.02. The molecular formula is C13H13Cl2NS. The summed E-state index contributed by atoms with van der Waals surface area (Å²) in [5, 5.41) is 0.766. The highest BCUT2D eigenvalue weighted by Crippen LogP contribution is 2.32. The first-order valence-electron chi connectivity index (χ1n) is 5.32. The maximum atomic E-state index is 6.17. The summed E-state index contributed by atoms with van der Waals surface area (Å²) in [5.41, 5.74) is 8.33. The van der Waals surface area contributed by atoms with E-state index in [-0.39, 0.29) is 6.04 Å². The fourth-order valence-electron chi connectivity index (χ4n) is 1.67. The second kappa shape index (κ2) is 5.40. The maximum absolute atomic E-state index is 6.17. The van der Waals surface area contributed by atoms with Crippen molar-refractivity contribution in [2.45, 2.75) is 19.4 Å². The predicted octanol–water partition coefficient (Wildman–Crippen LogP) is 4.61. The zero-order valence-corrected chi connectivity index (χ0v) is 11.7. The molecule has 17 heavy (non-hydrogen) atoms. The van der Waals surface area contributed by atoms with E-state index in [4.69, 9.17) is 28.9 Å².